The van der Waals surface area contributed by atoms with Crippen LogP contribution in [0, 0.1) is 12.3 Å². The van der Waals surface area contributed by atoms with Crippen molar-refractivity contribution in [1.82, 2.24) is 10.3 Å². The van der Waals surface area contributed by atoms with Gasteiger partial charge in [-0.05, 0) is 61.7 Å². The van der Waals surface area contributed by atoms with Gasteiger partial charge in [0.15, 0.2) is 0 Å². The van der Waals surface area contributed by atoms with Gasteiger partial charge in [-0.25, -0.2) is 0 Å². The van der Waals surface area contributed by atoms with Crippen LogP contribution in [-0.2, 0) is 17.6 Å². The topological polar surface area (TPSA) is 86.2 Å². The lowest BCUT2D eigenvalue weighted by atomic mass is 9.96. The second-order valence-corrected chi connectivity index (χ2v) is 7.91. The predicted octanol–water partition coefficient (Wildman–Crippen LogP) is 4.35. The van der Waals surface area contributed by atoms with Crippen molar-refractivity contribution in [2.75, 3.05) is 18.0 Å². The Bertz CT molecular complexity index is 1120. The van der Waals surface area contributed by atoms with Gasteiger partial charge < -0.3 is 15.6 Å². The molecule has 3 aromatic rings. The van der Waals surface area contributed by atoms with Gasteiger partial charge in [0, 0.05) is 47.9 Å². The van der Waals surface area contributed by atoms with Crippen molar-refractivity contribution in [3.05, 3.63) is 94.8 Å². The van der Waals surface area contributed by atoms with E-state index in [2.05, 4.69) is 17.2 Å². The molecule has 170 valence electrons. The number of likely N-dealkylation sites (N-methyl/N-ethyl adjacent to an activating group) is 1. The van der Waals surface area contributed by atoms with E-state index in [0.29, 0.717) is 29.8 Å². The summed E-state index contributed by atoms with van der Waals surface area (Å²) in [5.41, 5.74) is 5.15. The number of aryl methyl sites for hydroxylation is 2. The SMILES string of the molecule is CCc1ccc(N(CC)C(=O)CNC(=O)c2ccc(C)cc2C(=N)Cc2cccnc2)cc1. The third-order valence-electron chi connectivity index (χ3n) is 5.52. The molecule has 0 aliphatic carbocycles. The summed E-state index contributed by atoms with van der Waals surface area (Å²) >= 11 is 0. The summed E-state index contributed by atoms with van der Waals surface area (Å²) < 4.78 is 0. The lowest BCUT2D eigenvalue weighted by molar-refractivity contribution is -0.117. The van der Waals surface area contributed by atoms with Crippen LogP contribution in [0.15, 0.2) is 67.0 Å². The van der Waals surface area contributed by atoms with Crippen molar-refractivity contribution in [3.63, 3.8) is 0 Å². The third kappa shape index (κ3) is 6.13. The van der Waals surface area contributed by atoms with E-state index in [1.54, 1.807) is 23.4 Å². The minimum Gasteiger partial charge on any atom is -0.343 e. The zero-order chi connectivity index (χ0) is 23.8. The molecule has 0 saturated carbocycles. The molecule has 0 spiro atoms. The maximum atomic E-state index is 13.0. The van der Waals surface area contributed by atoms with Crippen LogP contribution in [-0.4, -0.2) is 35.6 Å². The summed E-state index contributed by atoms with van der Waals surface area (Å²) in [6, 6.07) is 17.0. The number of rotatable bonds is 9. The van der Waals surface area contributed by atoms with Gasteiger partial charge >= 0.3 is 0 Å². The predicted molar refractivity (Wildman–Crippen MR) is 132 cm³/mol. The Balaban J connectivity index is 1.71. The molecule has 1 aromatic heterocycles. The smallest absolute Gasteiger partial charge is 0.252 e. The fraction of sp³-hybridized carbons (Fsp3) is 0.259. The van der Waals surface area contributed by atoms with E-state index in [-0.39, 0.29) is 18.4 Å². The number of nitrogens with zero attached hydrogens (tertiary/aromatic N) is 2. The Morgan fingerprint density at radius 1 is 1.00 bits per heavy atom. The summed E-state index contributed by atoms with van der Waals surface area (Å²) in [6.07, 6.45) is 4.71. The molecule has 0 saturated heterocycles. The van der Waals surface area contributed by atoms with Gasteiger partial charge in [0.05, 0.1) is 6.54 Å². The Kier molecular flexibility index (Phi) is 8.08. The Labute approximate surface area is 195 Å². The zero-order valence-electron chi connectivity index (χ0n) is 19.4. The van der Waals surface area contributed by atoms with Crippen molar-refractivity contribution < 1.29 is 9.59 Å². The fourth-order valence-corrected chi connectivity index (χ4v) is 3.67. The molecule has 0 bridgehead atoms. The maximum absolute atomic E-state index is 13.0. The van der Waals surface area contributed by atoms with Gasteiger partial charge in [-0.3, -0.25) is 14.6 Å². The number of aromatic nitrogens is 1. The molecule has 0 aliphatic rings. The molecular formula is C27H30N4O2. The van der Waals surface area contributed by atoms with Crippen LogP contribution in [0.4, 0.5) is 5.69 Å². The second kappa shape index (κ2) is 11.2. The summed E-state index contributed by atoms with van der Waals surface area (Å²) in [5.74, 6) is -0.555. The van der Waals surface area contributed by atoms with E-state index in [9.17, 15) is 9.59 Å². The summed E-state index contributed by atoms with van der Waals surface area (Å²) in [4.78, 5) is 31.6. The number of amides is 2. The first-order chi connectivity index (χ1) is 15.9. The third-order valence-corrected chi connectivity index (χ3v) is 5.52. The highest BCUT2D eigenvalue weighted by molar-refractivity contribution is 6.10. The number of nitrogens with one attached hydrogen (secondary N) is 2. The first-order valence-electron chi connectivity index (χ1n) is 11.2. The quantitative estimate of drug-likeness (QED) is 0.483. The minimum absolute atomic E-state index is 0.120. The Morgan fingerprint density at radius 3 is 2.39 bits per heavy atom. The Morgan fingerprint density at radius 2 is 1.76 bits per heavy atom. The molecule has 3 rings (SSSR count). The van der Waals surface area contributed by atoms with E-state index in [1.165, 1.54) is 5.56 Å². The average molecular weight is 443 g/mol. The zero-order valence-corrected chi connectivity index (χ0v) is 19.4. The monoisotopic (exact) mass is 442 g/mol. The molecule has 2 aromatic carbocycles. The van der Waals surface area contributed by atoms with Crippen molar-refractivity contribution in [3.8, 4) is 0 Å². The van der Waals surface area contributed by atoms with Gasteiger partial charge in [-0.1, -0.05) is 36.8 Å². The van der Waals surface area contributed by atoms with Crippen LogP contribution in [0.2, 0.25) is 0 Å². The summed E-state index contributed by atoms with van der Waals surface area (Å²) in [6.45, 7) is 6.31. The van der Waals surface area contributed by atoms with E-state index in [0.717, 1.165) is 23.2 Å². The number of hydrogen-bond donors (Lipinski definition) is 2. The first-order valence-corrected chi connectivity index (χ1v) is 11.2. The lowest BCUT2D eigenvalue weighted by Gasteiger charge is -2.22. The molecule has 6 nitrogen and oxygen atoms in total. The van der Waals surface area contributed by atoms with Crippen LogP contribution < -0.4 is 10.2 Å². The van der Waals surface area contributed by atoms with Gasteiger partial charge in [-0.15, -0.1) is 0 Å². The van der Waals surface area contributed by atoms with Crippen LogP contribution in [0.3, 0.4) is 0 Å². The average Bonchev–Trinajstić information content (AvgIpc) is 2.84. The maximum Gasteiger partial charge on any atom is 0.252 e. The van der Waals surface area contributed by atoms with Gasteiger partial charge in [0.2, 0.25) is 5.91 Å². The van der Waals surface area contributed by atoms with Crippen LogP contribution in [0.1, 0.15) is 46.5 Å². The molecule has 0 fully saturated rings. The van der Waals surface area contributed by atoms with E-state index in [1.807, 2.05) is 62.4 Å². The largest absolute Gasteiger partial charge is 0.343 e. The molecule has 33 heavy (non-hydrogen) atoms. The summed E-state index contributed by atoms with van der Waals surface area (Å²) in [7, 11) is 0. The van der Waals surface area contributed by atoms with Crippen LogP contribution in [0.5, 0.6) is 0 Å². The van der Waals surface area contributed by atoms with Crippen molar-refractivity contribution in [2.24, 2.45) is 0 Å². The molecule has 6 heteroatoms. The molecule has 0 aliphatic heterocycles. The number of pyridine rings is 1. The van der Waals surface area contributed by atoms with Crippen molar-refractivity contribution in [1.29, 1.82) is 5.41 Å². The van der Waals surface area contributed by atoms with Crippen LogP contribution in [0.25, 0.3) is 0 Å². The number of anilines is 1. The normalized spacial score (nSPS) is 10.5. The number of hydrogen-bond acceptors (Lipinski definition) is 4. The standard InChI is InChI=1S/C27H30N4O2/c1-4-20-9-11-22(12-10-20)31(5-2)26(32)18-30-27(33)23-13-8-19(3)15-24(23)25(28)16-21-7-6-14-29-17-21/h6-15,17,28H,4-5,16,18H2,1-3H3,(H,30,33). The van der Waals surface area contributed by atoms with E-state index < -0.39 is 0 Å². The number of benzene rings is 2. The molecule has 1 heterocycles. The lowest BCUT2D eigenvalue weighted by Crippen LogP contribution is -2.40. The molecule has 0 radical (unpaired) electrons. The molecule has 2 amide bonds. The molecular weight excluding hydrogens is 412 g/mol. The molecule has 2 N–H and O–H groups in total. The van der Waals surface area contributed by atoms with Gasteiger partial charge in [0.1, 0.15) is 0 Å². The highest BCUT2D eigenvalue weighted by Crippen LogP contribution is 2.17. The number of carbonyl (C=O) groups excluding carboxylic acids is 2. The Hall–Kier alpha value is -3.80. The van der Waals surface area contributed by atoms with E-state index >= 15 is 0 Å². The summed E-state index contributed by atoms with van der Waals surface area (Å²) in [5, 5.41) is 11.3. The molecule has 0 atom stereocenters. The second-order valence-electron chi connectivity index (χ2n) is 7.91. The first kappa shape index (κ1) is 23.9. The van der Waals surface area contributed by atoms with Crippen LogP contribution >= 0.6 is 0 Å². The number of carbonyl (C=O) groups is 2. The fourth-order valence-electron chi connectivity index (χ4n) is 3.67. The van der Waals surface area contributed by atoms with E-state index in [4.69, 9.17) is 5.41 Å². The van der Waals surface area contributed by atoms with Crippen molar-refractivity contribution >= 4 is 23.2 Å². The highest BCUT2D eigenvalue weighted by atomic mass is 16.2. The van der Waals surface area contributed by atoms with Gasteiger partial charge in [0.25, 0.3) is 5.91 Å². The minimum atomic E-state index is -0.369. The van der Waals surface area contributed by atoms with Crippen molar-refractivity contribution in [2.45, 2.75) is 33.6 Å². The highest BCUT2D eigenvalue weighted by Gasteiger charge is 2.19. The van der Waals surface area contributed by atoms with Gasteiger partial charge in [-0.2, -0.15) is 0 Å². The molecule has 0 unspecified atom stereocenters.